The van der Waals surface area contributed by atoms with E-state index in [9.17, 15) is 17.6 Å². The van der Waals surface area contributed by atoms with Crippen LogP contribution in [0.5, 0.6) is 0 Å². The number of aromatic nitrogens is 2. The van der Waals surface area contributed by atoms with Gasteiger partial charge in [-0.1, -0.05) is 23.7 Å². The molecule has 0 saturated carbocycles. The van der Waals surface area contributed by atoms with Gasteiger partial charge in [0.2, 0.25) is 10.0 Å². The van der Waals surface area contributed by atoms with Gasteiger partial charge in [-0.05, 0) is 68.0 Å². The van der Waals surface area contributed by atoms with Crippen molar-refractivity contribution in [2.45, 2.75) is 20.4 Å². The molecule has 31 heavy (non-hydrogen) atoms. The fraction of sp³-hybridized carbons (Fsp3) is 0.182. The quantitative estimate of drug-likeness (QED) is 0.389. The number of hydrogen-bond acceptors (Lipinski definition) is 4. The molecule has 0 atom stereocenters. The molecule has 0 saturated heterocycles. The third-order valence-corrected chi connectivity index (χ3v) is 6.28. The van der Waals surface area contributed by atoms with Crippen LogP contribution in [-0.4, -0.2) is 29.7 Å². The molecule has 1 N–H and O–H groups in total. The van der Waals surface area contributed by atoms with E-state index in [2.05, 4.69) is 9.82 Å². The van der Waals surface area contributed by atoms with Crippen molar-refractivity contribution in [1.82, 2.24) is 9.78 Å². The molecular weight excluding hydrogens is 441 g/mol. The molecule has 6 nitrogen and oxygen atoms in total. The molecule has 9 heteroatoms. The normalized spacial score (nSPS) is 11.7. The number of hydrogen-bond donors (Lipinski definition) is 1. The summed E-state index contributed by atoms with van der Waals surface area (Å²) in [6.45, 7) is 3.70. The molecule has 0 bridgehead atoms. The smallest absolute Gasteiger partial charge is 0.232 e. The first-order chi connectivity index (χ1) is 14.7. The Hall–Kier alpha value is -2.97. The van der Waals surface area contributed by atoms with Gasteiger partial charge in [-0.2, -0.15) is 5.10 Å². The molecule has 1 heterocycles. The van der Waals surface area contributed by atoms with Crippen LogP contribution < -0.4 is 4.72 Å². The highest BCUT2D eigenvalue weighted by atomic mass is 35.5. The molecule has 162 valence electrons. The van der Waals surface area contributed by atoms with Crippen LogP contribution in [-0.2, 0) is 16.6 Å². The van der Waals surface area contributed by atoms with E-state index in [1.807, 2.05) is 0 Å². The Morgan fingerprint density at radius 2 is 1.81 bits per heavy atom. The lowest BCUT2D eigenvalue weighted by Gasteiger charge is -2.06. The van der Waals surface area contributed by atoms with Crippen LogP contribution in [0.4, 0.5) is 10.1 Å². The molecule has 2 aromatic carbocycles. The van der Waals surface area contributed by atoms with Crippen LogP contribution in [0.25, 0.3) is 6.08 Å². The van der Waals surface area contributed by atoms with E-state index in [1.54, 1.807) is 48.9 Å². The fourth-order valence-corrected chi connectivity index (χ4v) is 3.77. The van der Waals surface area contributed by atoms with Gasteiger partial charge in [-0.25, -0.2) is 17.5 Å². The van der Waals surface area contributed by atoms with Crippen LogP contribution in [0.2, 0.25) is 5.15 Å². The Morgan fingerprint density at radius 1 is 1.16 bits per heavy atom. The van der Waals surface area contributed by atoms with Crippen LogP contribution in [0.15, 0.2) is 54.6 Å². The number of allylic oxidation sites excluding steroid dienone is 1. The Labute approximate surface area is 185 Å². The molecule has 0 spiro atoms. The lowest BCUT2D eigenvalue weighted by Crippen LogP contribution is -2.14. The van der Waals surface area contributed by atoms with Crippen LogP contribution in [0.1, 0.15) is 34.1 Å². The number of halogens is 2. The zero-order valence-electron chi connectivity index (χ0n) is 17.0. The SMILES string of the molecule is CCS(=O)(=O)Nc1ccc(C(=O)/C=C/c2c(C)nn(Cc3ccc(F)cc3)c2Cl)cc1. The minimum absolute atomic E-state index is 0.0363. The van der Waals surface area contributed by atoms with E-state index in [1.165, 1.54) is 30.3 Å². The Kier molecular flexibility index (Phi) is 6.92. The topological polar surface area (TPSA) is 81.1 Å². The number of carbonyl (C=O) groups excluding carboxylic acids is 1. The van der Waals surface area contributed by atoms with Crippen molar-refractivity contribution in [3.05, 3.63) is 88.0 Å². The number of nitrogens with one attached hydrogen (secondary N) is 1. The van der Waals surface area contributed by atoms with Crippen molar-refractivity contribution in [2.24, 2.45) is 0 Å². The summed E-state index contributed by atoms with van der Waals surface area (Å²) in [5.74, 6) is -0.609. The summed E-state index contributed by atoms with van der Waals surface area (Å²) >= 11 is 6.43. The monoisotopic (exact) mass is 461 g/mol. The molecule has 0 amide bonds. The lowest BCUT2D eigenvalue weighted by molar-refractivity contribution is 0.104. The first kappa shape index (κ1) is 22.7. The van der Waals surface area contributed by atoms with Gasteiger partial charge in [0, 0.05) is 16.8 Å². The number of aryl methyl sites for hydroxylation is 1. The molecule has 0 aliphatic heterocycles. The van der Waals surface area contributed by atoms with Crippen molar-refractivity contribution in [2.75, 3.05) is 10.5 Å². The molecular formula is C22H21ClFN3O3S. The second kappa shape index (κ2) is 9.45. The average Bonchev–Trinajstić information content (AvgIpc) is 3.00. The van der Waals surface area contributed by atoms with Gasteiger partial charge in [-0.3, -0.25) is 9.52 Å². The van der Waals surface area contributed by atoms with E-state index < -0.39 is 10.0 Å². The summed E-state index contributed by atoms with van der Waals surface area (Å²) in [7, 11) is -3.38. The van der Waals surface area contributed by atoms with E-state index in [0.29, 0.717) is 34.2 Å². The summed E-state index contributed by atoms with van der Waals surface area (Å²) in [6.07, 6.45) is 2.99. The maximum absolute atomic E-state index is 13.1. The fourth-order valence-electron chi connectivity index (χ4n) is 2.83. The van der Waals surface area contributed by atoms with Crippen molar-refractivity contribution < 1.29 is 17.6 Å². The van der Waals surface area contributed by atoms with Crippen LogP contribution in [0, 0.1) is 12.7 Å². The first-order valence-electron chi connectivity index (χ1n) is 9.49. The van der Waals surface area contributed by atoms with Gasteiger partial charge in [0.25, 0.3) is 0 Å². The van der Waals surface area contributed by atoms with Gasteiger partial charge in [0.1, 0.15) is 11.0 Å². The van der Waals surface area contributed by atoms with E-state index in [0.717, 1.165) is 5.56 Å². The third-order valence-electron chi connectivity index (χ3n) is 4.58. The van der Waals surface area contributed by atoms with Gasteiger partial charge < -0.3 is 0 Å². The highest BCUT2D eigenvalue weighted by Crippen LogP contribution is 2.23. The Morgan fingerprint density at radius 3 is 2.42 bits per heavy atom. The standard InChI is InChI=1S/C22H21ClFN3O3S/c1-3-31(29,30)26-19-10-6-17(7-11-19)21(28)13-12-20-15(2)25-27(22(20)23)14-16-4-8-18(24)9-5-16/h4-13,26H,3,14H2,1-2H3/b13-12+. The molecule has 0 unspecified atom stereocenters. The Bertz CT molecular complexity index is 1220. The zero-order chi connectivity index (χ0) is 22.6. The van der Waals surface area contributed by atoms with Crippen molar-refractivity contribution >= 4 is 39.2 Å². The maximum Gasteiger partial charge on any atom is 0.232 e. The molecule has 0 fully saturated rings. The summed E-state index contributed by atoms with van der Waals surface area (Å²) in [5.41, 5.74) is 2.91. The number of carbonyl (C=O) groups is 1. The van der Waals surface area contributed by atoms with Crippen molar-refractivity contribution in [1.29, 1.82) is 0 Å². The molecule has 0 aliphatic carbocycles. The van der Waals surface area contributed by atoms with Gasteiger partial charge in [-0.15, -0.1) is 0 Å². The average molecular weight is 462 g/mol. The van der Waals surface area contributed by atoms with E-state index in [4.69, 9.17) is 11.6 Å². The van der Waals surface area contributed by atoms with Crippen LogP contribution in [0.3, 0.4) is 0 Å². The molecule has 1 aromatic heterocycles. The highest BCUT2D eigenvalue weighted by molar-refractivity contribution is 7.92. The second-order valence-corrected chi connectivity index (χ2v) is 9.22. The number of rotatable bonds is 8. The predicted molar refractivity (Wildman–Crippen MR) is 120 cm³/mol. The third kappa shape index (κ3) is 5.80. The summed E-state index contributed by atoms with van der Waals surface area (Å²) in [4.78, 5) is 12.5. The number of benzene rings is 2. The van der Waals surface area contributed by atoms with Crippen LogP contribution >= 0.6 is 11.6 Å². The molecule has 3 aromatic rings. The predicted octanol–water partition coefficient (Wildman–Crippen LogP) is 4.69. The zero-order valence-corrected chi connectivity index (χ0v) is 18.5. The van der Waals surface area contributed by atoms with Gasteiger partial charge in [0.15, 0.2) is 5.78 Å². The summed E-state index contributed by atoms with van der Waals surface area (Å²) in [5, 5.41) is 4.77. The van der Waals surface area contributed by atoms with E-state index >= 15 is 0 Å². The number of anilines is 1. The molecule has 0 radical (unpaired) electrons. The highest BCUT2D eigenvalue weighted by Gasteiger charge is 2.13. The molecule has 0 aliphatic rings. The minimum Gasteiger partial charge on any atom is -0.289 e. The van der Waals surface area contributed by atoms with E-state index in [-0.39, 0.29) is 17.4 Å². The van der Waals surface area contributed by atoms with Crippen molar-refractivity contribution in [3.8, 4) is 0 Å². The number of ketones is 1. The number of sulfonamides is 1. The largest absolute Gasteiger partial charge is 0.289 e. The molecule has 3 rings (SSSR count). The summed E-state index contributed by atoms with van der Waals surface area (Å²) < 4.78 is 40.3. The van der Waals surface area contributed by atoms with Gasteiger partial charge in [0.05, 0.1) is 18.0 Å². The minimum atomic E-state index is -3.38. The van der Waals surface area contributed by atoms with Crippen molar-refractivity contribution in [3.63, 3.8) is 0 Å². The first-order valence-corrected chi connectivity index (χ1v) is 11.5. The lowest BCUT2D eigenvalue weighted by atomic mass is 10.1. The Balaban J connectivity index is 1.73. The number of nitrogens with zero attached hydrogens (tertiary/aromatic N) is 2. The summed E-state index contributed by atoms with van der Waals surface area (Å²) in [6, 6.07) is 12.2. The van der Waals surface area contributed by atoms with Gasteiger partial charge >= 0.3 is 0 Å². The second-order valence-electron chi connectivity index (χ2n) is 6.85. The maximum atomic E-state index is 13.1.